The Balaban J connectivity index is 1.89. The molecule has 1 unspecified atom stereocenters. The van der Waals surface area contributed by atoms with Crippen LogP contribution in [-0.2, 0) is 10.0 Å². The molecule has 0 bridgehead atoms. The summed E-state index contributed by atoms with van der Waals surface area (Å²) in [6.45, 7) is 8.95. The van der Waals surface area contributed by atoms with Crippen molar-refractivity contribution < 1.29 is 12.8 Å². The highest BCUT2D eigenvalue weighted by Gasteiger charge is 2.25. The van der Waals surface area contributed by atoms with Crippen LogP contribution in [0.1, 0.15) is 29.7 Å². The van der Waals surface area contributed by atoms with Gasteiger partial charge in [0.25, 0.3) is 0 Å². The van der Waals surface area contributed by atoms with Crippen molar-refractivity contribution in [1.82, 2.24) is 9.62 Å². The molecule has 1 aliphatic rings. The Morgan fingerprint density at radius 3 is 2.36 bits per heavy atom. The minimum Gasteiger partial charge on any atom is -0.369 e. The number of rotatable bonds is 5. The zero-order valence-corrected chi connectivity index (χ0v) is 17.7. The SMILES string of the molecule is Cc1ccc(S(=O)(=O)NC(C)c2cc(F)ccc2N2CCN(C)CC2)c(C)c1. The van der Waals surface area contributed by atoms with Gasteiger partial charge < -0.3 is 9.80 Å². The quantitative estimate of drug-likeness (QED) is 0.830. The lowest BCUT2D eigenvalue weighted by Crippen LogP contribution is -2.45. The number of sulfonamides is 1. The Hall–Kier alpha value is -1.96. The molecule has 0 spiro atoms. The second-order valence-electron chi connectivity index (χ2n) is 7.61. The van der Waals surface area contributed by atoms with Crippen molar-refractivity contribution in [3.63, 3.8) is 0 Å². The number of hydrogen-bond donors (Lipinski definition) is 1. The van der Waals surface area contributed by atoms with Crippen LogP contribution in [0.5, 0.6) is 0 Å². The molecule has 0 amide bonds. The maximum absolute atomic E-state index is 14.0. The molecule has 2 aromatic carbocycles. The zero-order chi connectivity index (χ0) is 20.5. The summed E-state index contributed by atoms with van der Waals surface area (Å²) < 4.78 is 42.6. The summed E-state index contributed by atoms with van der Waals surface area (Å²) in [5.74, 6) is -0.370. The predicted octanol–water partition coefficient (Wildman–Crippen LogP) is 3.23. The maximum Gasteiger partial charge on any atom is 0.241 e. The van der Waals surface area contributed by atoms with E-state index in [4.69, 9.17) is 0 Å². The Morgan fingerprint density at radius 2 is 1.71 bits per heavy atom. The minimum atomic E-state index is -3.72. The Kier molecular flexibility index (Phi) is 6.07. The van der Waals surface area contributed by atoms with Crippen LogP contribution in [0.15, 0.2) is 41.3 Å². The third-order valence-electron chi connectivity index (χ3n) is 5.25. The fraction of sp³-hybridized carbons (Fsp3) is 0.429. The second kappa shape index (κ2) is 8.19. The molecule has 0 aliphatic carbocycles. The van der Waals surface area contributed by atoms with Gasteiger partial charge in [-0.2, -0.15) is 0 Å². The molecule has 0 radical (unpaired) electrons. The lowest BCUT2D eigenvalue weighted by atomic mass is 10.0. The first-order chi connectivity index (χ1) is 13.2. The van der Waals surface area contributed by atoms with Crippen LogP contribution in [0.25, 0.3) is 0 Å². The number of nitrogens with zero attached hydrogens (tertiary/aromatic N) is 2. The van der Waals surface area contributed by atoms with E-state index in [1.165, 1.54) is 12.1 Å². The van der Waals surface area contributed by atoms with E-state index in [0.29, 0.717) is 11.1 Å². The lowest BCUT2D eigenvalue weighted by molar-refractivity contribution is 0.312. The normalized spacial score (nSPS) is 17.0. The van der Waals surface area contributed by atoms with Crippen molar-refractivity contribution in [2.45, 2.75) is 31.7 Å². The average Bonchev–Trinajstić information content (AvgIpc) is 2.61. The van der Waals surface area contributed by atoms with Crippen molar-refractivity contribution in [2.75, 3.05) is 38.1 Å². The molecule has 3 rings (SSSR count). The van der Waals surface area contributed by atoms with Gasteiger partial charge in [0.1, 0.15) is 5.82 Å². The Morgan fingerprint density at radius 1 is 1.04 bits per heavy atom. The van der Waals surface area contributed by atoms with Crippen molar-refractivity contribution >= 4 is 15.7 Å². The molecule has 5 nitrogen and oxygen atoms in total. The largest absolute Gasteiger partial charge is 0.369 e. The van der Waals surface area contributed by atoms with Gasteiger partial charge in [0, 0.05) is 37.9 Å². The highest BCUT2D eigenvalue weighted by molar-refractivity contribution is 7.89. The molecule has 1 fully saturated rings. The second-order valence-corrected chi connectivity index (χ2v) is 9.29. The number of benzene rings is 2. The van der Waals surface area contributed by atoms with Gasteiger partial charge in [-0.15, -0.1) is 0 Å². The lowest BCUT2D eigenvalue weighted by Gasteiger charge is -2.36. The van der Waals surface area contributed by atoms with Crippen molar-refractivity contribution in [3.05, 3.63) is 58.9 Å². The van der Waals surface area contributed by atoms with Crippen LogP contribution in [0.3, 0.4) is 0 Å². The average molecular weight is 406 g/mol. The summed E-state index contributed by atoms with van der Waals surface area (Å²) in [4.78, 5) is 4.69. The standard InChI is InChI=1S/C21H28FN3O2S/c1-15-5-8-21(16(2)13-15)28(26,27)23-17(3)19-14-18(22)6-7-20(19)25-11-9-24(4)10-12-25/h5-8,13-14,17,23H,9-12H2,1-4H3. The summed E-state index contributed by atoms with van der Waals surface area (Å²) in [6.07, 6.45) is 0. The molecule has 2 aromatic rings. The first-order valence-electron chi connectivity index (χ1n) is 9.50. The monoisotopic (exact) mass is 405 g/mol. The van der Waals surface area contributed by atoms with E-state index in [-0.39, 0.29) is 10.7 Å². The number of likely N-dealkylation sites (N-methyl/N-ethyl adjacent to an activating group) is 1. The van der Waals surface area contributed by atoms with Gasteiger partial charge in [0.05, 0.1) is 4.90 Å². The minimum absolute atomic E-state index is 0.252. The molecular formula is C21H28FN3O2S. The van der Waals surface area contributed by atoms with Crippen molar-refractivity contribution in [3.8, 4) is 0 Å². The molecule has 1 saturated heterocycles. The van der Waals surface area contributed by atoms with Gasteiger partial charge in [-0.25, -0.2) is 17.5 Å². The summed E-state index contributed by atoms with van der Waals surface area (Å²) in [6, 6.07) is 9.30. The molecule has 152 valence electrons. The smallest absolute Gasteiger partial charge is 0.241 e. The first kappa shape index (κ1) is 20.8. The fourth-order valence-corrected chi connectivity index (χ4v) is 5.12. The number of halogens is 1. The summed E-state index contributed by atoms with van der Waals surface area (Å²) in [5.41, 5.74) is 3.23. The van der Waals surface area contributed by atoms with Gasteiger partial charge in [0.15, 0.2) is 0 Å². The van der Waals surface area contributed by atoms with Gasteiger partial charge in [-0.05, 0) is 63.2 Å². The Bertz CT molecular complexity index is 954. The van der Waals surface area contributed by atoms with E-state index in [0.717, 1.165) is 37.4 Å². The van der Waals surface area contributed by atoms with E-state index < -0.39 is 16.1 Å². The fourth-order valence-electron chi connectivity index (χ4n) is 3.67. The van der Waals surface area contributed by atoms with Gasteiger partial charge in [-0.1, -0.05) is 17.7 Å². The summed E-state index contributed by atoms with van der Waals surface area (Å²) in [7, 11) is -1.65. The molecule has 1 aliphatic heterocycles. The zero-order valence-electron chi connectivity index (χ0n) is 16.9. The highest BCUT2D eigenvalue weighted by Crippen LogP contribution is 2.30. The van der Waals surface area contributed by atoms with Crippen molar-refractivity contribution in [2.24, 2.45) is 0 Å². The predicted molar refractivity (Wildman–Crippen MR) is 111 cm³/mol. The Labute approximate surface area is 167 Å². The molecule has 7 heteroatoms. The van der Waals surface area contributed by atoms with Crippen LogP contribution < -0.4 is 9.62 Å². The van der Waals surface area contributed by atoms with E-state index in [9.17, 15) is 12.8 Å². The maximum atomic E-state index is 14.0. The summed E-state index contributed by atoms with van der Waals surface area (Å²) in [5, 5.41) is 0. The van der Waals surface area contributed by atoms with E-state index in [1.807, 2.05) is 13.0 Å². The van der Waals surface area contributed by atoms with Gasteiger partial charge in [0.2, 0.25) is 10.0 Å². The molecule has 1 atom stereocenters. The third-order valence-corrected chi connectivity index (χ3v) is 6.95. The molecule has 1 heterocycles. The van der Waals surface area contributed by atoms with Gasteiger partial charge in [-0.3, -0.25) is 0 Å². The molecule has 28 heavy (non-hydrogen) atoms. The van der Waals surface area contributed by atoms with Crippen LogP contribution >= 0.6 is 0 Å². The van der Waals surface area contributed by atoms with Crippen LogP contribution in [0.2, 0.25) is 0 Å². The number of nitrogens with one attached hydrogen (secondary N) is 1. The first-order valence-corrected chi connectivity index (χ1v) is 11.0. The molecular weight excluding hydrogens is 377 g/mol. The number of piperazine rings is 1. The summed E-state index contributed by atoms with van der Waals surface area (Å²) >= 11 is 0. The van der Waals surface area contributed by atoms with Gasteiger partial charge >= 0.3 is 0 Å². The van der Waals surface area contributed by atoms with E-state index in [2.05, 4.69) is 21.6 Å². The van der Waals surface area contributed by atoms with E-state index >= 15 is 0 Å². The highest BCUT2D eigenvalue weighted by atomic mass is 32.2. The topological polar surface area (TPSA) is 52.7 Å². The van der Waals surface area contributed by atoms with E-state index in [1.54, 1.807) is 32.0 Å². The van der Waals surface area contributed by atoms with Crippen LogP contribution in [-0.4, -0.2) is 46.5 Å². The molecule has 0 aromatic heterocycles. The van der Waals surface area contributed by atoms with Crippen LogP contribution in [0.4, 0.5) is 10.1 Å². The number of anilines is 1. The van der Waals surface area contributed by atoms with Crippen molar-refractivity contribution in [1.29, 1.82) is 0 Å². The number of aryl methyl sites for hydroxylation is 2. The number of hydrogen-bond acceptors (Lipinski definition) is 4. The third kappa shape index (κ3) is 4.54. The molecule has 0 saturated carbocycles. The molecule has 1 N–H and O–H groups in total. The van der Waals surface area contributed by atoms with Crippen LogP contribution in [0, 0.1) is 19.7 Å².